The minimum absolute atomic E-state index is 0.172. The summed E-state index contributed by atoms with van der Waals surface area (Å²) < 4.78 is 0. The van der Waals surface area contributed by atoms with Crippen LogP contribution in [0.1, 0.15) is 16.5 Å². The number of carbonyl (C=O) groups is 1. The van der Waals surface area contributed by atoms with E-state index < -0.39 is 6.10 Å². The quantitative estimate of drug-likeness (QED) is 0.412. The van der Waals surface area contributed by atoms with Crippen LogP contribution in [-0.2, 0) is 6.54 Å². The Balaban J connectivity index is 1.30. The van der Waals surface area contributed by atoms with Crippen LogP contribution in [0.5, 0.6) is 0 Å². The largest absolute Gasteiger partial charge is 0.386 e. The van der Waals surface area contributed by atoms with E-state index in [9.17, 15) is 9.90 Å². The number of nitrogens with one attached hydrogen (secondary N) is 2. The number of rotatable bonds is 6. The van der Waals surface area contributed by atoms with Gasteiger partial charge >= 0.3 is 6.03 Å². The first-order chi connectivity index (χ1) is 13.7. The molecule has 2 aromatic carbocycles. The van der Waals surface area contributed by atoms with Crippen LogP contribution in [0.4, 0.5) is 4.79 Å². The van der Waals surface area contributed by atoms with Gasteiger partial charge in [-0.2, -0.15) is 11.3 Å². The lowest BCUT2D eigenvalue weighted by atomic mass is 10.0. The molecule has 28 heavy (non-hydrogen) atoms. The van der Waals surface area contributed by atoms with E-state index in [1.54, 1.807) is 22.7 Å². The summed E-state index contributed by atoms with van der Waals surface area (Å²) in [5.41, 5.74) is 2.22. The molecule has 2 aromatic heterocycles. The zero-order valence-corrected chi connectivity index (χ0v) is 16.7. The van der Waals surface area contributed by atoms with Crippen molar-refractivity contribution >= 4 is 39.5 Å². The van der Waals surface area contributed by atoms with Crippen LogP contribution in [0.3, 0.4) is 0 Å². The van der Waals surface area contributed by atoms with Crippen molar-refractivity contribution in [2.45, 2.75) is 12.6 Å². The highest BCUT2D eigenvalue weighted by Crippen LogP contribution is 2.32. The van der Waals surface area contributed by atoms with E-state index in [-0.39, 0.29) is 12.6 Å². The Morgan fingerprint density at radius 2 is 1.86 bits per heavy atom. The molecule has 6 heteroatoms. The number of urea groups is 1. The number of amides is 2. The average molecular weight is 409 g/mol. The summed E-state index contributed by atoms with van der Waals surface area (Å²) >= 11 is 3.20. The second-order valence-corrected chi connectivity index (χ2v) is 8.33. The molecule has 0 spiro atoms. The Bertz CT molecular complexity index is 1070. The summed E-state index contributed by atoms with van der Waals surface area (Å²) in [4.78, 5) is 14.1. The van der Waals surface area contributed by atoms with Gasteiger partial charge < -0.3 is 15.7 Å². The van der Waals surface area contributed by atoms with Crippen LogP contribution in [0, 0.1) is 0 Å². The van der Waals surface area contributed by atoms with Crippen molar-refractivity contribution in [3.05, 3.63) is 81.9 Å². The third-order valence-corrected chi connectivity index (χ3v) is 6.45. The molecule has 1 atom stereocenters. The zero-order chi connectivity index (χ0) is 19.3. The topological polar surface area (TPSA) is 61.4 Å². The number of benzene rings is 2. The van der Waals surface area contributed by atoms with Crippen LogP contribution < -0.4 is 10.6 Å². The van der Waals surface area contributed by atoms with Gasteiger partial charge in [0, 0.05) is 21.9 Å². The number of aliphatic hydroxyl groups excluding tert-OH is 1. The van der Waals surface area contributed by atoms with E-state index in [2.05, 4.69) is 40.3 Å². The number of carbonyl (C=O) groups excluding carboxylic acids is 1. The van der Waals surface area contributed by atoms with Gasteiger partial charge in [-0.15, -0.1) is 11.3 Å². The van der Waals surface area contributed by atoms with Crippen molar-refractivity contribution in [3.8, 4) is 10.4 Å². The molecule has 142 valence electrons. The lowest BCUT2D eigenvalue weighted by molar-refractivity contribution is 0.176. The predicted molar refractivity (Wildman–Crippen MR) is 117 cm³/mol. The van der Waals surface area contributed by atoms with Crippen molar-refractivity contribution in [1.82, 2.24) is 10.6 Å². The maximum Gasteiger partial charge on any atom is 0.315 e. The third kappa shape index (κ3) is 4.25. The molecule has 0 fully saturated rings. The Kier molecular flexibility index (Phi) is 5.71. The van der Waals surface area contributed by atoms with Gasteiger partial charge in [-0.05, 0) is 45.3 Å². The fraction of sp³-hybridized carbons (Fsp3) is 0.136. The molecule has 4 rings (SSSR count). The SMILES string of the molecule is O=C(NCc1cccc2ccccc12)NCC(O)c1ccc(-c2ccsc2)s1. The van der Waals surface area contributed by atoms with Crippen molar-refractivity contribution in [1.29, 1.82) is 0 Å². The van der Waals surface area contributed by atoms with Gasteiger partial charge in [0.2, 0.25) is 0 Å². The van der Waals surface area contributed by atoms with Crippen LogP contribution in [0.25, 0.3) is 21.2 Å². The van der Waals surface area contributed by atoms with E-state index in [4.69, 9.17) is 0 Å². The molecule has 0 radical (unpaired) electrons. The third-order valence-electron chi connectivity index (χ3n) is 4.54. The minimum atomic E-state index is -0.722. The lowest BCUT2D eigenvalue weighted by Gasteiger charge is -2.12. The van der Waals surface area contributed by atoms with Gasteiger partial charge in [-0.3, -0.25) is 0 Å². The van der Waals surface area contributed by atoms with E-state index in [0.29, 0.717) is 6.54 Å². The summed E-state index contributed by atoms with van der Waals surface area (Å²) in [7, 11) is 0. The van der Waals surface area contributed by atoms with Gasteiger partial charge in [0.25, 0.3) is 0 Å². The predicted octanol–water partition coefficient (Wildman–Crippen LogP) is 5.16. The number of fused-ring (bicyclic) bond motifs is 1. The molecule has 0 aliphatic rings. The molecule has 4 aromatic rings. The molecule has 0 bridgehead atoms. The highest BCUT2D eigenvalue weighted by molar-refractivity contribution is 7.16. The molecular formula is C22H20N2O2S2. The molecule has 0 aliphatic heterocycles. The zero-order valence-electron chi connectivity index (χ0n) is 15.1. The molecule has 4 nitrogen and oxygen atoms in total. The van der Waals surface area contributed by atoms with E-state index in [1.807, 2.05) is 41.8 Å². The minimum Gasteiger partial charge on any atom is -0.386 e. The standard InChI is InChI=1S/C22H20N2O2S2/c25-19(21-9-8-20(28-21)17-10-11-27-14-17)13-24-22(26)23-12-16-6-3-5-15-4-1-2-7-18(15)16/h1-11,14,19,25H,12-13H2,(H2,23,24,26). The van der Waals surface area contributed by atoms with E-state index in [1.165, 1.54) is 0 Å². The Labute approximate surface area is 171 Å². The first-order valence-electron chi connectivity index (χ1n) is 8.99. The maximum atomic E-state index is 12.2. The number of aliphatic hydroxyl groups is 1. The Morgan fingerprint density at radius 1 is 1.00 bits per heavy atom. The Morgan fingerprint density at radius 3 is 2.71 bits per heavy atom. The fourth-order valence-corrected chi connectivity index (χ4v) is 4.79. The van der Waals surface area contributed by atoms with Crippen LogP contribution >= 0.6 is 22.7 Å². The van der Waals surface area contributed by atoms with Crippen LogP contribution in [0.2, 0.25) is 0 Å². The van der Waals surface area contributed by atoms with Gasteiger partial charge in [0.05, 0.1) is 6.54 Å². The molecule has 2 amide bonds. The Hall–Kier alpha value is -2.67. The number of thiophene rings is 2. The molecule has 2 heterocycles. The lowest BCUT2D eigenvalue weighted by Crippen LogP contribution is -2.37. The first-order valence-corrected chi connectivity index (χ1v) is 10.8. The average Bonchev–Trinajstić information content (AvgIpc) is 3.42. The van der Waals surface area contributed by atoms with Gasteiger partial charge in [0.15, 0.2) is 0 Å². The van der Waals surface area contributed by atoms with Crippen LogP contribution in [0.15, 0.2) is 71.4 Å². The summed E-state index contributed by atoms with van der Waals surface area (Å²) in [5, 5.41) is 22.4. The smallest absolute Gasteiger partial charge is 0.315 e. The number of hydrogen-bond donors (Lipinski definition) is 3. The summed E-state index contributed by atoms with van der Waals surface area (Å²) in [6.45, 7) is 0.607. The van der Waals surface area contributed by atoms with Crippen molar-refractivity contribution in [3.63, 3.8) is 0 Å². The van der Waals surface area contributed by atoms with E-state index >= 15 is 0 Å². The van der Waals surface area contributed by atoms with Crippen molar-refractivity contribution in [2.75, 3.05) is 6.54 Å². The molecule has 3 N–H and O–H groups in total. The molecule has 0 saturated heterocycles. The highest BCUT2D eigenvalue weighted by atomic mass is 32.1. The van der Waals surface area contributed by atoms with E-state index in [0.717, 1.165) is 31.7 Å². The fourth-order valence-electron chi connectivity index (χ4n) is 3.07. The van der Waals surface area contributed by atoms with Crippen LogP contribution in [-0.4, -0.2) is 17.7 Å². The number of hydrogen-bond acceptors (Lipinski definition) is 4. The highest BCUT2D eigenvalue weighted by Gasteiger charge is 2.13. The summed E-state index contributed by atoms with van der Waals surface area (Å²) in [5.74, 6) is 0. The molecular weight excluding hydrogens is 388 g/mol. The molecule has 0 saturated carbocycles. The van der Waals surface area contributed by atoms with Crippen molar-refractivity contribution in [2.24, 2.45) is 0 Å². The van der Waals surface area contributed by atoms with Gasteiger partial charge in [-0.1, -0.05) is 42.5 Å². The monoisotopic (exact) mass is 408 g/mol. The summed E-state index contributed by atoms with van der Waals surface area (Å²) in [6, 6.07) is 19.8. The molecule has 0 aliphatic carbocycles. The van der Waals surface area contributed by atoms with Crippen molar-refractivity contribution < 1.29 is 9.90 Å². The first kappa shape index (κ1) is 18.7. The molecule has 1 unspecified atom stereocenters. The maximum absolute atomic E-state index is 12.2. The second kappa shape index (κ2) is 8.56. The van der Waals surface area contributed by atoms with Gasteiger partial charge in [-0.25, -0.2) is 4.79 Å². The van der Waals surface area contributed by atoms with Gasteiger partial charge in [0.1, 0.15) is 6.10 Å². The normalized spacial score (nSPS) is 12.0. The second-order valence-electron chi connectivity index (χ2n) is 6.43. The summed E-state index contributed by atoms with van der Waals surface area (Å²) in [6.07, 6.45) is -0.722.